The lowest BCUT2D eigenvalue weighted by Crippen LogP contribution is -2.24. The highest BCUT2D eigenvalue weighted by atomic mass is 127. The summed E-state index contributed by atoms with van der Waals surface area (Å²) in [6.45, 7) is 0. The Hall–Kier alpha value is 0.0300. The van der Waals surface area contributed by atoms with Crippen molar-refractivity contribution in [2.45, 2.75) is 0 Å². The van der Waals surface area contributed by atoms with Crippen molar-refractivity contribution in [2.24, 2.45) is 0 Å². The van der Waals surface area contributed by atoms with Crippen molar-refractivity contribution in [3.05, 3.63) is 9.97 Å². The van der Waals surface area contributed by atoms with Crippen molar-refractivity contribution in [3.8, 4) is 0 Å². The molecule has 40 valence electrons. The summed E-state index contributed by atoms with van der Waals surface area (Å²) < 4.78 is 1.05. The minimum atomic E-state index is 1.05. The Bertz CT molecular complexity index is 103. The number of rotatable bonds is 0. The van der Waals surface area contributed by atoms with Crippen LogP contribution in [-0.4, -0.2) is 12.1 Å². The fraction of sp³-hybridized carbons (Fsp3) is 0.333. The Labute approximate surface area is 55.4 Å². The zero-order chi connectivity index (χ0) is 5.28. The second-order valence-electron chi connectivity index (χ2n) is 1.21. The zero-order valence-corrected chi connectivity index (χ0v) is 5.97. The van der Waals surface area contributed by atoms with Crippen molar-refractivity contribution < 1.29 is 4.84 Å². The third-order valence-corrected chi connectivity index (χ3v) is 1.64. The van der Waals surface area contributed by atoms with Gasteiger partial charge in [0.25, 0.3) is 0 Å². The zero-order valence-electron chi connectivity index (χ0n) is 3.81. The van der Waals surface area contributed by atoms with E-state index in [2.05, 4.69) is 33.0 Å². The molecule has 0 saturated carbocycles. The van der Waals surface area contributed by atoms with Gasteiger partial charge in [-0.3, -0.25) is 5.01 Å². The first kappa shape index (κ1) is 5.17. The van der Waals surface area contributed by atoms with Crippen molar-refractivity contribution in [1.29, 1.82) is 0 Å². The molecule has 0 fully saturated rings. The molecule has 1 aliphatic rings. The SMILES string of the molecule is CN1NOC=C1I. The molecule has 0 aromatic heterocycles. The van der Waals surface area contributed by atoms with Gasteiger partial charge in [-0.05, 0) is 22.6 Å². The van der Waals surface area contributed by atoms with Crippen molar-refractivity contribution in [3.63, 3.8) is 0 Å². The molecule has 4 heteroatoms. The summed E-state index contributed by atoms with van der Waals surface area (Å²) in [5.41, 5.74) is 2.60. The average molecular weight is 212 g/mol. The number of nitrogens with one attached hydrogen (secondary N) is 1. The average Bonchev–Trinajstić information content (AvgIpc) is 1.91. The van der Waals surface area contributed by atoms with Gasteiger partial charge in [-0.2, -0.15) is 0 Å². The van der Waals surface area contributed by atoms with Gasteiger partial charge in [0, 0.05) is 7.05 Å². The Kier molecular flexibility index (Phi) is 1.38. The molecule has 0 amide bonds. The third kappa shape index (κ3) is 0.973. The van der Waals surface area contributed by atoms with Crippen LogP contribution in [0.25, 0.3) is 0 Å². The minimum Gasteiger partial charge on any atom is -0.394 e. The van der Waals surface area contributed by atoms with Gasteiger partial charge in [-0.1, -0.05) is 5.59 Å². The maximum Gasteiger partial charge on any atom is 0.144 e. The van der Waals surface area contributed by atoms with Crippen molar-refractivity contribution >= 4 is 22.6 Å². The van der Waals surface area contributed by atoms with Crippen LogP contribution in [0.4, 0.5) is 0 Å². The molecule has 1 rings (SSSR count). The fourth-order valence-electron chi connectivity index (χ4n) is 0.277. The van der Waals surface area contributed by atoms with E-state index in [0.29, 0.717) is 0 Å². The monoisotopic (exact) mass is 212 g/mol. The van der Waals surface area contributed by atoms with E-state index in [9.17, 15) is 0 Å². The molecule has 1 N–H and O–H groups in total. The van der Waals surface area contributed by atoms with E-state index in [1.165, 1.54) is 0 Å². The van der Waals surface area contributed by atoms with Crippen molar-refractivity contribution in [1.82, 2.24) is 10.6 Å². The van der Waals surface area contributed by atoms with Gasteiger partial charge in [0.05, 0.1) is 0 Å². The summed E-state index contributed by atoms with van der Waals surface area (Å²) in [4.78, 5) is 4.68. The summed E-state index contributed by atoms with van der Waals surface area (Å²) in [5.74, 6) is 0. The molecule has 1 heterocycles. The summed E-state index contributed by atoms with van der Waals surface area (Å²) in [7, 11) is 1.88. The van der Waals surface area contributed by atoms with Crippen LogP contribution in [0.15, 0.2) is 9.97 Å². The summed E-state index contributed by atoms with van der Waals surface area (Å²) in [6.07, 6.45) is 1.64. The molecule has 0 radical (unpaired) electrons. The van der Waals surface area contributed by atoms with Crippen LogP contribution >= 0.6 is 22.6 Å². The predicted octanol–water partition coefficient (Wildman–Crippen LogP) is 0.602. The van der Waals surface area contributed by atoms with Crippen LogP contribution < -0.4 is 5.59 Å². The van der Waals surface area contributed by atoms with Gasteiger partial charge >= 0.3 is 0 Å². The molecule has 0 aromatic rings. The molecule has 0 bridgehead atoms. The molecule has 0 unspecified atom stereocenters. The second kappa shape index (κ2) is 1.87. The molecule has 0 saturated heterocycles. The largest absolute Gasteiger partial charge is 0.394 e. The van der Waals surface area contributed by atoms with E-state index >= 15 is 0 Å². The molecule has 0 aromatic carbocycles. The highest BCUT2D eigenvalue weighted by Gasteiger charge is 2.04. The lowest BCUT2D eigenvalue weighted by atomic mass is 10.9. The third-order valence-electron chi connectivity index (χ3n) is 0.666. The Balaban J connectivity index is 2.54. The summed E-state index contributed by atoms with van der Waals surface area (Å²) >= 11 is 2.16. The molecule has 7 heavy (non-hydrogen) atoms. The van der Waals surface area contributed by atoms with E-state index < -0.39 is 0 Å². The Morgan fingerprint density at radius 2 is 2.71 bits per heavy atom. The lowest BCUT2D eigenvalue weighted by Gasteiger charge is -2.06. The minimum absolute atomic E-state index is 1.05. The van der Waals surface area contributed by atoms with Crippen LogP contribution in [-0.2, 0) is 4.84 Å². The smallest absolute Gasteiger partial charge is 0.144 e. The maximum absolute atomic E-state index is 4.68. The predicted molar refractivity (Wildman–Crippen MR) is 34.1 cm³/mol. The van der Waals surface area contributed by atoms with Crippen molar-refractivity contribution in [2.75, 3.05) is 7.05 Å². The molecule has 0 spiro atoms. The number of hydrazine groups is 1. The van der Waals surface area contributed by atoms with E-state index in [1.807, 2.05) is 7.05 Å². The normalized spacial score (nSPS) is 19.1. The molecular formula is C3H5IN2O. The van der Waals surface area contributed by atoms with Gasteiger partial charge in [0.15, 0.2) is 0 Å². The quantitative estimate of drug-likeness (QED) is 0.470. The number of nitrogens with zero attached hydrogens (tertiary/aromatic N) is 1. The fourth-order valence-corrected chi connectivity index (χ4v) is 0.502. The van der Waals surface area contributed by atoms with Gasteiger partial charge in [0.1, 0.15) is 9.97 Å². The highest BCUT2D eigenvalue weighted by Crippen LogP contribution is 2.11. The van der Waals surface area contributed by atoms with Gasteiger partial charge in [-0.15, -0.1) is 0 Å². The molecule has 0 aliphatic carbocycles. The van der Waals surface area contributed by atoms with Crippen LogP contribution in [0, 0.1) is 0 Å². The maximum atomic E-state index is 4.68. The summed E-state index contributed by atoms with van der Waals surface area (Å²) in [5, 5.41) is 1.78. The Morgan fingerprint density at radius 3 is 2.86 bits per heavy atom. The van der Waals surface area contributed by atoms with E-state index in [1.54, 1.807) is 11.3 Å². The Morgan fingerprint density at radius 1 is 2.00 bits per heavy atom. The topological polar surface area (TPSA) is 24.5 Å². The molecular weight excluding hydrogens is 207 g/mol. The second-order valence-corrected chi connectivity index (χ2v) is 2.31. The van der Waals surface area contributed by atoms with Crippen LogP contribution in [0.5, 0.6) is 0 Å². The first-order chi connectivity index (χ1) is 3.30. The van der Waals surface area contributed by atoms with Crippen LogP contribution in [0.2, 0.25) is 0 Å². The van der Waals surface area contributed by atoms with Crippen LogP contribution in [0.3, 0.4) is 0 Å². The van der Waals surface area contributed by atoms with Gasteiger partial charge < -0.3 is 4.84 Å². The lowest BCUT2D eigenvalue weighted by molar-refractivity contribution is 0.0516. The first-order valence-electron chi connectivity index (χ1n) is 1.81. The first-order valence-corrected chi connectivity index (χ1v) is 2.89. The molecule has 0 atom stereocenters. The highest BCUT2D eigenvalue weighted by molar-refractivity contribution is 14.1. The molecule has 1 aliphatic heterocycles. The van der Waals surface area contributed by atoms with E-state index in [0.717, 1.165) is 3.70 Å². The number of halogens is 1. The summed E-state index contributed by atoms with van der Waals surface area (Å²) in [6, 6.07) is 0. The number of hydrogen-bond donors (Lipinski definition) is 1. The molecule has 3 nitrogen and oxygen atoms in total. The van der Waals surface area contributed by atoms with E-state index in [4.69, 9.17) is 0 Å². The van der Waals surface area contributed by atoms with Crippen LogP contribution in [0.1, 0.15) is 0 Å². The number of hydrogen-bond acceptors (Lipinski definition) is 3. The van der Waals surface area contributed by atoms with E-state index in [-0.39, 0.29) is 0 Å². The van der Waals surface area contributed by atoms with Gasteiger partial charge in [0.2, 0.25) is 0 Å². The van der Waals surface area contributed by atoms with Gasteiger partial charge in [-0.25, -0.2) is 0 Å². The standard InChI is InChI=1S/C3H5IN2O/c1-6-3(4)2-7-5-6/h2,5H,1H3.